The van der Waals surface area contributed by atoms with Crippen molar-refractivity contribution in [1.82, 2.24) is 0 Å². The zero-order chi connectivity index (χ0) is 9.68. The van der Waals surface area contributed by atoms with Gasteiger partial charge < -0.3 is 11.5 Å². The van der Waals surface area contributed by atoms with E-state index in [9.17, 15) is 0 Å². The predicted molar refractivity (Wildman–Crippen MR) is 57.6 cm³/mol. The van der Waals surface area contributed by atoms with Crippen molar-refractivity contribution in [2.45, 2.75) is 6.92 Å². The number of nitrogens with two attached hydrogens (primary N) is 2. The average Bonchev–Trinajstić information content (AvgIpc) is 2.09. The quantitative estimate of drug-likeness (QED) is 0.634. The van der Waals surface area contributed by atoms with Crippen molar-refractivity contribution in [3.63, 3.8) is 0 Å². The lowest BCUT2D eigenvalue weighted by atomic mass is 10.2. The summed E-state index contributed by atoms with van der Waals surface area (Å²) in [5.41, 5.74) is 13.9. The maximum atomic E-state index is 5.77. The van der Waals surface area contributed by atoms with Gasteiger partial charge >= 0.3 is 0 Å². The summed E-state index contributed by atoms with van der Waals surface area (Å²) in [6.45, 7) is 1.94. The Hall–Kier alpha value is -1.70. The summed E-state index contributed by atoms with van der Waals surface area (Å²) in [5, 5.41) is 0. The van der Waals surface area contributed by atoms with Crippen molar-refractivity contribution in [2.75, 3.05) is 11.5 Å². The Morgan fingerprint density at radius 2 is 1.54 bits per heavy atom. The highest BCUT2D eigenvalue weighted by Gasteiger charge is 1.86. The highest BCUT2D eigenvalue weighted by atomic mass is 14.6. The molecule has 2 heteroatoms. The number of anilines is 2. The third kappa shape index (κ3) is 3.03. The molecule has 0 heterocycles. The monoisotopic (exact) mass is 174 g/mol. The van der Waals surface area contributed by atoms with Crippen molar-refractivity contribution >= 4 is 11.4 Å². The summed E-state index contributed by atoms with van der Waals surface area (Å²) in [6.07, 6.45) is 0. The molecule has 0 spiro atoms. The van der Waals surface area contributed by atoms with E-state index in [1.54, 1.807) is 0 Å². The van der Waals surface area contributed by atoms with Crippen LogP contribution in [0.4, 0.5) is 11.4 Å². The van der Waals surface area contributed by atoms with E-state index < -0.39 is 0 Å². The normalized spacial score (nSPS) is 9.00. The Labute approximate surface area is 78.5 Å². The molecule has 0 aromatic heterocycles. The van der Waals surface area contributed by atoms with Crippen LogP contribution in [-0.2, 0) is 0 Å². The molecule has 0 atom stereocenters. The molecule has 0 saturated heterocycles. The molecule has 0 unspecified atom stereocenters. The molecule has 0 bridgehead atoms. The Morgan fingerprint density at radius 1 is 0.923 bits per heavy atom. The smallest absolute Gasteiger partial charge is 0.0344 e. The van der Waals surface area contributed by atoms with Crippen LogP contribution in [0.5, 0.6) is 0 Å². The standard InChI is InChI=1S/C11H14N2/c1-9-8-10(12)6-4-2-3-5-7-11(9)13/h2-8H,12-13H2,1H3. The summed E-state index contributed by atoms with van der Waals surface area (Å²) >= 11 is 0. The zero-order valence-corrected chi connectivity index (χ0v) is 7.70. The minimum atomic E-state index is 0.709. The summed E-state index contributed by atoms with van der Waals surface area (Å²) in [5.74, 6) is 0. The van der Waals surface area contributed by atoms with Gasteiger partial charge in [0.05, 0.1) is 0 Å². The third-order valence-corrected chi connectivity index (χ3v) is 1.74. The summed E-state index contributed by atoms with van der Waals surface area (Å²) < 4.78 is 0. The topological polar surface area (TPSA) is 52.0 Å². The minimum absolute atomic E-state index is 0.709. The molecule has 0 amide bonds. The van der Waals surface area contributed by atoms with Crippen molar-refractivity contribution in [1.29, 1.82) is 0 Å². The highest BCUT2D eigenvalue weighted by Crippen LogP contribution is 2.08. The molecular formula is C11H14N2. The largest absolute Gasteiger partial charge is 0.399 e. The average molecular weight is 174 g/mol. The molecule has 1 aromatic carbocycles. The first-order valence-corrected chi connectivity index (χ1v) is 4.15. The second-order valence-electron chi connectivity index (χ2n) is 2.89. The lowest BCUT2D eigenvalue weighted by Crippen LogP contribution is -1.87. The van der Waals surface area contributed by atoms with Gasteiger partial charge in [0, 0.05) is 11.4 Å². The van der Waals surface area contributed by atoms with E-state index in [4.69, 9.17) is 11.5 Å². The molecule has 0 saturated carbocycles. The molecule has 2 nitrogen and oxygen atoms in total. The molecule has 13 heavy (non-hydrogen) atoms. The third-order valence-electron chi connectivity index (χ3n) is 1.74. The number of hydrogen-bond acceptors (Lipinski definition) is 2. The second kappa shape index (κ2) is 4.36. The fraction of sp³-hybridized carbons (Fsp3) is 0.0909. The molecule has 1 aromatic rings. The van der Waals surface area contributed by atoms with E-state index in [2.05, 4.69) is 0 Å². The lowest BCUT2D eigenvalue weighted by Gasteiger charge is -1.94. The van der Waals surface area contributed by atoms with Crippen molar-refractivity contribution in [3.05, 3.63) is 48.0 Å². The van der Waals surface area contributed by atoms with Gasteiger partial charge in [-0.25, -0.2) is 0 Å². The number of rotatable bonds is 0. The van der Waals surface area contributed by atoms with E-state index in [0.29, 0.717) is 5.69 Å². The van der Waals surface area contributed by atoms with Gasteiger partial charge in [-0.1, -0.05) is 24.3 Å². The number of nitrogen functional groups attached to an aromatic ring is 2. The van der Waals surface area contributed by atoms with Gasteiger partial charge in [0.2, 0.25) is 0 Å². The maximum absolute atomic E-state index is 5.77. The Morgan fingerprint density at radius 3 is 2.23 bits per heavy atom. The molecular weight excluding hydrogens is 160 g/mol. The first kappa shape index (κ1) is 9.39. The van der Waals surface area contributed by atoms with E-state index in [1.165, 1.54) is 0 Å². The van der Waals surface area contributed by atoms with Crippen LogP contribution < -0.4 is 11.5 Å². The van der Waals surface area contributed by atoms with Gasteiger partial charge in [0.25, 0.3) is 0 Å². The highest BCUT2D eigenvalue weighted by molar-refractivity contribution is 5.49. The lowest BCUT2D eigenvalue weighted by molar-refractivity contribution is 1.49. The van der Waals surface area contributed by atoms with Gasteiger partial charge in [-0.2, -0.15) is 0 Å². The Bertz CT molecular complexity index is 344. The van der Waals surface area contributed by atoms with Crippen LogP contribution >= 0.6 is 0 Å². The van der Waals surface area contributed by atoms with Crippen LogP contribution in [0.2, 0.25) is 0 Å². The zero-order valence-electron chi connectivity index (χ0n) is 7.70. The Kier molecular flexibility index (Phi) is 3.15. The van der Waals surface area contributed by atoms with E-state index in [-0.39, 0.29) is 0 Å². The van der Waals surface area contributed by atoms with Gasteiger partial charge in [0.1, 0.15) is 0 Å². The van der Waals surface area contributed by atoms with Gasteiger partial charge in [-0.3, -0.25) is 0 Å². The van der Waals surface area contributed by atoms with Crippen molar-refractivity contribution < 1.29 is 0 Å². The van der Waals surface area contributed by atoms with Crippen LogP contribution in [0, 0.1) is 6.92 Å². The molecule has 1 rings (SSSR count). The van der Waals surface area contributed by atoms with Crippen LogP contribution in [0.3, 0.4) is 0 Å². The molecule has 0 aliphatic heterocycles. The molecule has 68 valence electrons. The Balaban J connectivity index is 3.37. The van der Waals surface area contributed by atoms with E-state index in [1.807, 2.05) is 49.4 Å². The van der Waals surface area contributed by atoms with Crippen LogP contribution in [0.15, 0.2) is 42.5 Å². The fourth-order valence-electron chi connectivity index (χ4n) is 0.967. The van der Waals surface area contributed by atoms with Crippen LogP contribution in [0.1, 0.15) is 5.56 Å². The molecule has 0 aliphatic rings. The molecule has 0 radical (unpaired) electrons. The van der Waals surface area contributed by atoms with Gasteiger partial charge in [-0.05, 0) is 30.7 Å². The second-order valence-corrected chi connectivity index (χ2v) is 2.89. The van der Waals surface area contributed by atoms with Gasteiger partial charge in [-0.15, -0.1) is 0 Å². The van der Waals surface area contributed by atoms with Crippen LogP contribution in [-0.4, -0.2) is 0 Å². The minimum Gasteiger partial charge on any atom is -0.399 e. The fourth-order valence-corrected chi connectivity index (χ4v) is 0.967. The first-order chi connectivity index (χ1) is 6.20. The SMILES string of the molecule is Cc1cc(N)ccccccc1N. The maximum Gasteiger partial charge on any atom is 0.0344 e. The number of aryl methyl sites for hydroxylation is 1. The molecule has 0 aliphatic carbocycles. The van der Waals surface area contributed by atoms with E-state index >= 15 is 0 Å². The molecule has 4 N–H and O–H groups in total. The van der Waals surface area contributed by atoms with Crippen LogP contribution in [0.25, 0.3) is 0 Å². The molecule has 0 fully saturated rings. The summed E-state index contributed by atoms with van der Waals surface area (Å²) in [6, 6.07) is 13.2. The summed E-state index contributed by atoms with van der Waals surface area (Å²) in [4.78, 5) is 0. The van der Waals surface area contributed by atoms with Gasteiger partial charge in [0.15, 0.2) is 0 Å². The van der Waals surface area contributed by atoms with E-state index in [0.717, 1.165) is 11.3 Å². The number of hydrogen-bond donors (Lipinski definition) is 2. The van der Waals surface area contributed by atoms with Crippen molar-refractivity contribution in [2.24, 2.45) is 0 Å². The predicted octanol–water partition coefficient (Wildman–Crippen LogP) is 2.28. The first-order valence-electron chi connectivity index (χ1n) is 4.15. The van der Waals surface area contributed by atoms with Crippen molar-refractivity contribution in [3.8, 4) is 0 Å². The summed E-state index contributed by atoms with van der Waals surface area (Å²) in [7, 11) is 0.